The summed E-state index contributed by atoms with van der Waals surface area (Å²) < 4.78 is 29.2. The van der Waals surface area contributed by atoms with Gasteiger partial charge in [-0.1, -0.05) is 34.2 Å². The summed E-state index contributed by atoms with van der Waals surface area (Å²) >= 11 is 3.39. The molecule has 0 bridgehead atoms. The van der Waals surface area contributed by atoms with Gasteiger partial charge in [0, 0.05) is 10.0 Å². The lowest BCUT2D eigenvalue weighted by molar-refractivity contribution is -0.388. The molecule has 4 aliphatic rings. The highest BCUT2D eigenvalue weighted by atomic mass is 79.9. The smallest absolute Gasteiger partial charge is 0.224 e. The second-order valence-electron chi connectivity index (χ2n) is 12.5. The largest absolute Gasteiger partial charge is 0.394 e. The SMILES string of the molecule is OC[C@H]1O[C@@](CO)(O[C@H]2O[C@H](CO[C@H]3O[C@H](C(C#Cc4ccc(Br)cc4)N4CCCCC4)[C@H](O)[C@H](O)[C@H]3O)[C@@H](O)[C@H](O)[C@H]2O)[C@@H](O)[C@@H]1O. The zero-order valence-electron chi connectivity index (χ0n) is 25.9. The summed E-state index contributed by atoms with van der Waals surface area (Å²) in [5.41, 5.74) is 0.708. The van der Waals surface area contributed by atoms with Crippen LogP contribution in [0.5, 0.6) is 0 Å². The van der Waals surface area contributed by atoms with Crippen LogP contribution < -0.4 is 0 Å². The van der Waals surface area contributed by atoms with E-state index in [4.69, 9.17) is 23.7 Å². The second-order valence-corrected chi connectivity index (χ2v) is 13.4. The van der Waals surface area contributed by atoms with E-state index >= 15 is 0 Å². The maximum absolute atomic E-state index is 11.1. The number of hydrogen-bond donors (Lipinski definition) is 10. The molecule has 0 saturated carbocycles. The lowest BCUT2D eigenvalue weighted by Crippen LogP contribution is -2.65. The number of nitrogens with zero attached hydrogens (tertiary/aromatic N) is 1. The molecule has 0 amide bonds. The van der Waals surface area contributed by atoms with Crippen molar-refractivity contribution in [2.45, 2.75) is 111 Å². The zero-order valence-corrected chi connectivity index (χ0v) is 27.5. The lowest BCUT2D eigenvalue weighted by atomic mass is 9.92. The Balaban J connectivity index is 1.31. The van der Waals surface area contributed by atoms with Gasteiger partial charge in [0.25, 0.3) is 0 Å². The van der Waals surface area contributed by atoms with Gasteiger partial charge in [-0.05, 0) is 50.2 Å². The quantitative estimate of drug-likeness (QED) is 0.108. The van der Waals surface area contributed by atoms with Crippen LogP contribution in [0, 0.1) is 11.8 Å². The van der Waals surface area contributed by atoms with E-state index in [1.807, 2.05) is 29.2 Å². The maximum Gasteiger partial charge on any atom is 0.224 e. The molecule has 17 heteroatoms. The minimum Gasteiger partial charge on any atom is -0.394 e. The number of likely N-dealkylation sites (tertiary alicyclic amines) is 1. The molecule has 48 heavy (non-hydrogen) atoms. The predicted octanol–water partition coefficient (Wildman–Crippen LogP) is -3.89. The van der Waals surface area contributed by atoms with Crippen LogP contribution in [-0.2, 0) is 23.7 Å². The molecule has 0 aliphatic carbocycles. The third-order valence-corrected chi connectivity index (χ3v) is 9.75. The summed E-state index contributed by atoms with van der Waals surface area (Å²) in [6, 6.07) is 6.60. The van der Waals surface area contributed by atoms with Crippen molar-refractivity contribution in [1.29, 1.82) is 0 Å². The topological polar surface area (TPSA) is 252 Å². The van der Waals surface area contributed by atoms with E-state index < -0.39 is 111 Å². The molecule has 16 nitrogen and oxygen atoms in total. The molecule has 1 aromatic carbocycles. The third-order valence-electron chi connectivity index (χ3n) is 9.23. The number of halogens is 1. The standard InChI is InChI=1S/C31H44BrNO15/c32-16-7-4-15(5-8-16)6-9-17(33-10-2-1-3-11-33)27-24(40)23(39)25(41)29(46-27)44-13-19-20(36)22(38)26(42)30(45-19)48-31(14-35)28(43)21(37)18(12-34)47-31/h4-5,7-8,17-30,34-43H,1-3,10-14H2/t17?,18-,19-,20-,21-,22+,23+,24-,25-,26-,27-,28+,29+,30-,31+/m1/s1. The Morgan fingerprint density at radius 1 is 0.792 bits per heavy atom. The fourth-order valence-electron chi connectivity index (χ4n) is 6.35. The van der Waals surface area contributed by atoms with E-state index in [2.05, 4.69) is 27.8 Å². The van der Waals surface area contributed by atoms with Gasteiger partial charge < -0.3 is 74.7 Å². The van der Waals surface area contributed by atoms with Crippen LogP contribution in [0.15, 0.2) is 28.7 Å². The van der Waals surface area contributed by atoms with E-state index in [1.165, 1.54) is 0 Å². The van der Waals surface area contributed by atoms with Gasteiger partial charge in [-0.15, -0.1) is 0 Å². The summed E-state index contributed by atoms with van der Waals surface area (Å²) in [6.07, 6.45) is -18.8. The Bertz CT molecular complexity index is 1250. The van der Waals surface area contributed by atoms with Gasteiger partial charge in [-0.3, -0.25) is 4.90 Å². The van der Waals surface area contributed by atoms with Crippen LogP contribution >= 0.6 is 15.9 Å². The normalized spacial score (nSPS) is 43.0. The van der Waals surface area contributed by atoms with Crippen molar-refractivity contribution in [3.63, 3.8) is 0 Å². The molecule has 15 atom stereocenters. The summed E-state index contributed by atoms with van der Waals surface area (Å²) in [5.74, 6) is 3.89. The molecule has 0 aromatic heterocycles. The molecule has 4 saturated heterocycles. The Kier molecular flexibility index (Phi) is 12.9. The monoisotopic (exact) mass is 749 g/mol. The van der Waals surface area contributed by atoms with E-state index in [9.17, 15) is 51.1 Å². The van der Waals surface area contributed by atoms with Crippen molar-refractivity contribution in [1.82, 2.24) is 4.90 Å². The second kappa shape index (κ2) is 16.3. The van der Waals surface area contributed by atoms with E-state index in [1.54, 1.807) is 0 Å². The van der Waals surface area contributed by atoms with Gasteiger partial charge in [0.05, 0.1) is 13.2 Å². The van der Waals surface area contributed by atoms with Gasteiger partial charge >= 0.3 is 0 Å². The molecule has 5 rings (SSSR count). The van der Waals surface area contributed by atoms with Crippen LogP contribution in [0.3, 0.4) is 0 Å². The summed E-state index contributed by atoms with van der Waals surface area (Å²) in [5, 5.41) is 105. The Hall–Kier alpha value is -1.38. The fourth-order valence-corrected chi connectivity index (χ4v) is 6.61. The first kappa shape index (κ1) is 37.9. The van der Waals surface area contributed by atoms with Gasteiger partial charge in [0.15, 0.2) is 12.6 Å². The molecule has 270 valence electrons. The van der Waals surface area contributed by atoms with Gasteiger partial charge in [-0.2, -0.15) is 0 Å². The van der Waals surface area contributed by atoms with Crippen LogP contribution in [0.2, 0.25) is 0 Å². The highest BCUT2D eigenvalue weighted by molar-refractivity contribution is 9.10. The molecule has 4 fully saturated rings. The van der Waals surface area contributed by atoms with E-state index in [0.717, 1.165) is 23.7 Å². The lowest BCUT2D eigenvalue weighted by Gasteiger charge is -2.46. The number of ether oxygens (including phenoxy) is 5. The summed E-state index contributed by atoms with van der Waals surface area (Å²) in [4.78, 5) is 2.03. The summed E-state index contributed by atoms with van der Waals surface area (Å²) in [6.45, 7) is -1.10. The van der Waals surface area contributed by atoms with Crippen molar-refractivity contribution < 1.29 is 74.7 Å². The first-order valence-electron chi connectivity index (χ1n) is 15.9. The van der Waals surface area contributed by atoms with E-state index in [-0.39, 0.29) is 0 Å². The van der Waals surface area contributed by atoms with Crippen LogP contribution in [0.4, 0.5) is 0 Å². The Morgan fingerprint density at radius 2 is 1.44 bits per heavy atom. The number of hydrogen-bond acceptors (Lipinski definition) is 16. The predicted molar refractivity (Wildman–Crippen MR) is 164 cm³/mol. The number of aliphatic hydroxyl groups excluding tert-OH is 10. The number of rotatable bonds is 9. The van der Waals surface area contributed by atoms with Crippen molar-refractivity contribution in [2.75, 3.05) is 32.9 Å². The number of aliphatic hydroxyl groups is 10. The molecular formula is C31H44BrNO15. The molecule has 0 radical (unpaired) electrons. The minimum absolute atomic E-state index is 0.613. The van der Waals surface area contributed by atoms with Crippen molar-refractivity contribution in [2.24, 2.45) is 0 Å². The molecule has 1 unspecified atom stereocenters. The maximum atomic E-state index is 11.1. The molecule has 4 heterocycles. The molecular weight excluding hydrogens is 706 g/mol. The van der Waals surface area contributed by atoms with Gasteiger partial charge in [0.1, 0.15) is 79.8 Å². The first-order chi connectivity index (χ1) is 22.9. The van der Waals surface area contributed by atoms with Crippen LogP contribution in [-0.4, -0.2) is 180 Å². The van der Waals surface area contributed by atoms with Crippen molar-refractivity contribution >= 4 is 15.9 Å². The minimum atomic E-state index is -2.37. The fraction of sp³-hybridized carbons (Fsp3) is 0.742. The first-order valence-corrected chi connectivity index (χ1v) is 16.7. The molecule has 1 aromatic rings. The average molecular weight is 751 g/mol. The Morgan fingerprint density at radius 3 is 2.06 bits per heavy atom. The molecule has 4 aliphatic heterocycles. The van der Waals surface area contributed by atoms with Gasteiger partial charge in [0.2, 0.25) is 5.79 Å². The summed E-state index contributed by atoms with van der Waals surface area (Å²) in [7, 11) is 0. The van der Waals surface area contributed by atoms with Crippen LogP contribution in [0.1, 0.15) is 24.8 Å². The van der Waals surface area contributed by atoms with Crippen molar-refractivity contribution in [3.05, 3.63) is 34.3 Å². The van der Waals surface area contributed by atoms with Crippen LogP contribution in [0.25, 0.3) is 0 Å². The van der Waals surface area contributed by atoms with Gasteiger partial charge in [-0.25, -0.2) is 0 Å². The molecule has 10 N–H and O–H groups in total. The number of piperidine rings is 1. The van der Waals surface area contributed by atoms with E-state index in [0.29, 0.717) is 18.7 Å². The Labute approximate surface area is 285 Å². The zero-order chi connectivity index (χ0) is 34.7. The highest BCUT2D eigenvalue weighted by Gasteiger charge is 2.58. The number of benzene rings is 1. The van der Waals surface area contributed by atoms with Crippen molar-refractivity contribution in [3.8, 4) is 11.8 Å². The average Bonchev–Trinajstić information content (AvgIpc) is 3.34. The highest BCUT2D eigenvalue weighted by Crippen LogP contribution is 2.36. The molecule has 0 spiro atoms. The third kappa shape index (κ3) is 7.91.